The zero-order valence-electron chi connectivity index (χ0n) is 15.7. The normalized spacial score (nSPS) is 11.1. The van der Waals surface area contributed by atoms with E-state index in [1.807, 2.05) is 6.07 Å². The largest absolute Gasteiger partial charge is 0.461 e. The van der Waals surface area contributed by atoms with Gasteiger partial charge in [-0.05, 0) is 37.3 Å². The summed E-state index contributed by atoms with van der Waals surface area (Å²) in [5.41, 5.74) is 0.981. The van der Waals surface area contributed by atoms with E-state index < -0.39 is 28.4 Å². The lowest BCUT2D eigenvalue weighted by Gasteiger charge is -2.16. The van der Waals surface area contributed by atoms with E-state index in [1.165, 1.54) is 43.1 Å². The van der Waals surface area contributed by atoms with Crippen molar-refractivity contribution in [1.82, 2.24) is 8.87 Å². The van der Waals surface area contributed by atoms with E-state index in [4.69, 9.17) is 10.00 Å². The number of anilines is 1. The second-order valence-electron chi connectivity index (χ2n) is 5.89. The number of esters is 1. The number of nitriles is 1. The van der Waals surface area contributed by atoms with Crippen LogP contribution < -0.4 is 5.32 Å². The first-order chi connectivity index (χ1) is 13.2. The predicted molar refractivity (Wildman–Crippen MR) is 101 cm³/mol. The summed E-state index contributed by atoms with van der Waals surface area (Å²) in [6.07, 6.45) is 1.29. The number of hydrogen-bond donors (Lipinski definition) is 1. The van der Waals surface area contributed by atoms with E-state index >= 15 is 0 Å². The molecule has 0 saturated heterocycles. The van der Waals surface area contributed by atoms with Crippen molar-refractivity contribution in [2.75, 3.05) is 25.5 Å². The summed E-state index contributed by atoms with van der Waals surface area (Å²) in [6.45, 7) is 1.40. The quantitative estimate of drug-likeness (QED) is 0.695. The maximum atomic E-state index is 12.7. The van der Waals surface area contributed by atoms with Crippen LogP contribution in [-0.2, 0) is 26.6 Å². The van der Waals surface area contributed by atoms with Crippen LogP contribution in [0.3, 0.4) is 0 Å². The fourth-order valence-electron chi connectivity index (χ4n) is 2.38. The summed E-state index contributed by atoms with van der Waals surface area (Å²) in [5, 5.41) is 11.3. The first-order valence-electron chi connectivity index (χ1n) is 8.29. The predicted octanol–water partition coefficient (Wildman–Crippen LogP) is 1.33. The lowest BCUT2D eigenvalue weighted by molar-refractivity contribution is -0.116. The van der Waals surface area contributed by atoms with Gasteiger partial charge < -0.3 is 14.6 Å². The number of amides is 1. The van der Waals surface area contributed by atoms with Crippen LogP contribution in [0.1, 0.15) is 23.0 Å². The van der Waals surface area contributed by atoms with Gasteiger partial charge in [0.05, 0.1) is 24.8 Å². The van der Waals surface area contributed by atoms with Crippen molar-refractivity contribution in [2.24, 2.45) is 7.05 Å². The van der Waals surface area contributed by atoms with Crippen molar-refractivity contribution in [2.45, 2.75) is 11.8 Å². The Labute approximate surface area is 163 Å². The van der Waals surface area contributed by atoms with Gasteiger partial charge in [-0.1, -0.05) is 0 Å². The molecular formula is C18H20N4O5S. The van der Waals surface area contributed by atoms with Gasteiger partial charge in [0.2, 0.25) is 15.9 Å². The van der Waals surface area contributed by atoms with Gasteiger partial charge in [0.25, 0.3) is 0 Å². The van der Waals surface area contributed by atoms with Crippen molar-refractivity contribution in [1.29, 1.82) is 5.26 Å². The van der Waals surface area contributed by atoms with E-state index in [0.717, 1.165) is 4.31 Å². The molecule has 0 unspecified atom stereocenters. The molecule has 0 atom stereocenters. The molecule has 0 aliphatic carbocycles. The average molecular weight is 404 g/mol. The van der Waals surface area contributed by atoms with E-state index in [9.17, 15) is 18.0 Å². The Balaban J connectivity index is 2.10. The average Bonchev–Trinajstić information content (AvgIpc) is 3.05. The summed E-state index contributed by atoms with van der Waals surface area (Å²) < 4.78 is 32.5. The van der Waals surface area contributed by atoms with Gasteiger partial charge in [0.15, 0.2) is 0 Å². The minimum Gasteiger partial charge on any atom is -0.461 e. The Kier molecular flexibility index (Phi) is 6.56. The molecule has 0 spiro atoms. The summed E-state index contributed by atoms with van der Waals surface area (Å²) in [4.78, 5) is 23.9. The summed E-state index contributed by atoms with van der Waals surface area (Å²) >= 11 is 0. The number of carbonyl (C=O) groups is 2. The number of nitrogens with zero attached hydrogens (tertiary/aromatic N) is 3. The number of carbonyl (C=O) groups excluding carboxylic acids is 2. The van der Waals surface area contributed by atoms with Crippen molar-refractivity contribution < 1.29 is 22.7 Å². The summed E-state index contributed by atoms with van der Waals surface area (Å²) in [5.74, 6) is -1.18. The number of rotatable bonds is 7. The van der Waals surface area contributed by atoms with Crippen LogP contribution >= 0.6 is 0 Å². The Hall–Kier alpha value is -3.16. The number of aromatic nitrogens is 1. The second kappa shape index (κ2) is 8.69. The number of hydrogen-bond acceptors (Lipinski definition) is 6. The van der Waals surface area contributed by atoms with Crippen LogP contribution in [0.15, 0.2) is 41.4 Å². The fraction of sp³-hybridized carbons (Fsp3) is 0.278. The fourth-order valence-corrected chi connectivity index (χ4v) is 3.58. The number of likely N-dealkylation sites (N-methyl/N-ethyl adjacent to an activating group) is 1. The van der Waals surface area contributed by atoms with Crippen LogP contribution in [0.2, 0.25) is 0 Å². The Morgan fingerprint density at radius 2 is 1.93 bits per heavy atom. The SMILES string of the molecule is CCOC(=O)c1cc(S(=O)(=O)N(C)CC(=O)Nc2ccc(C#N)cc2)cn1C. The highest BCUT2D eigenvalue weighted by Gasteiger charge is 2.26. The molecule has 0 aliphatic heterocycles. The third-order valence-electron chi connectivity index (χ3n) is 3.84. The standard InChI is InChI=1S/C18H20N4O5S/c1-4-27-18(24)16-9-15(11-21(16)2)28(25,26)22(3)12-17(23)20-14-7-5-13(10-19)6-8-14/h5-9,11H,4,12H2,1-3H3,(H,20,23). The number of nitrogens with one attached hydrogen (secondary N) is 1. The maximum absolute atomic E-state index is 12.7. The maximum Gasteiger partial charge on any atom is 0.354 e. The first-order valence-corrected chi connectivity index (χ1v) is 9.73. The molecule has 0 radical (unpaired) electrons. The molecule has 0 bridgehead atoms. The molecule has 28 heavy (non-hydrogen) atoms. The number of ether oxygens (including phenoxy) is 1. The Bertz CT molecular complexity index is 1020. The van der Waals surface area contributed by atoms with E-state index in [1.54, 1.807) is 19.1 Å². The van der Waals surface area contributed by atoms with Crippen LogP contribution in [0.25, 0.3) is 0 Å². The number of aryl methyl sites for hydroxylation is 1. The van der Waals surface area contributed by atoms with E-state index in [-0.39, 0.29) is 17.2 Å². The molecule has 1 amide bonds. The van der Waals surface area contributed by atoms with Gasteiger partial charge >= 0.3 is 5.97 Å². The van der Waals surface area contributed by atoms with Crippen molar-refractivity contribution in [3.05, 3.63) is 47.8 Å². The third-order valence-corrected chi connectivity index (χ3v) is 5.61. The molecule has 148 valence electrons. The topological polar surface area (TPSA) is 122 Å². The summed E-state index contributed by atoms with van der Waals surface area (Å²) in [6, 6.07) is 9.35. The molecule has 2 rings (SSSR count). The second-order valence-corrected chi connectivity index (χ2v) is 7.94. The minimum atomic E-state index is -3.99. The Morgan fingerprint density at radius 3 is 2.50 bits per heavy atom. The molecule has 2 aromatic rings. The van der Waals surface area contributed by atoms with Gasteiger partial charge in [-0.15, -0.1) is 0 Å². The summed E-state index contributed by atoms with van der Waals surface area (Å²) in [7, 11) is -1.19. The lowest BCUT2D eigenvalue weighted by Crippen LogP contribution is -2.34. The zero-order chi connectivity index (χ0) is 20.9. The van der Waals surface area contributed by atoms with Crippen molar-refractivity contribution >= 4 is 27.6 Å². The monoisotopic (exact) mass is 404 g/mol. The van der Waals surface area contributed by atoms with Crippen molar-refractivity contribution in [3.63, 3.8) is 0 Å². The van der Waals surface area contributed by atoms with Gasteiger partial charge in [-0.2, -0.15) is 9.57 Å². The molecular weight excluding hydrogens is 384 g/mol. The molecule has 1 heterocycles. The van der Waals surface area contributed by atoms with Crippen molar-refractivity contribution in [3.8, 4) is 6.07 Å². The van der Waals surface area contributed by atoms with Crippen LogP contribution in [0, 0.1) is 11.3 Å². The van der Waals surface area contributed by atoms with Gasteiger partial charge in [0.1, 0.15) is 10.6 Å². The minimum absolute atomic E-state index is 0.0934. The Morgan fingerprint density at radius 1 is 1.29 bits per heavy atom. The van der Waals surface area contributed by atoms with Crippen LogP contribution in [0.5, 0.6) is 0 Å². The molecule has 1 aromatic heterocycles. The van der Waals surface area contributed by atoms with E-state index in [0.29, 0.717) is 11.3 Å². The lowest BCUT2D eigenvalue weighted by atomic mass is 10.2. The highest BCUT2D eigenvalue weighted by molar-refractivity contribution is 7.89. The highest BCUT2D eigenvalue weighted by Crippen LogP contribution is 2.18. The molecule has 9 nitrogen and oxygen atoms in total. The molecule has 0 saturated carbocycles. The number of benzene rings is 1. The van der Waals surface area contributed by atoms with Gasteiger partial charge in [-0.3, -0.25) is 4.79 Å². The van der Waals surface area contributed by atoms with Gasteiger partial charge in [-0.25, -0.2) is 13.2 Å². The van der Waals surface area contributed by atoms with Crippen LogP contribution in [0.4, 0.5) is 5.69 Å². The third kappa shape index (κ3) is 4.76. The molecule has 1 aromatic carbocycles. The smallest absolute Gasteiger partial charge is 0.354 e. The van der Waals surface area contributed by atoms with E-state index in [2.05, 4.69) is 5.32 Å². The molecule has 0 aliphatic rings. The highest BCUT2D eigenvalue weighted by atomic mass is 32.2. The number of sulfonamides is 1. The molecule has 0 fully saturated rings. The molecule has 10 heteroatoms. The van der Waals surface area contributed by atoms with Gasteiger partial charge in [0, 0.05) is 26.0 Å². The zero-order valence-corrected chi connectivity index (χ0v) is 16.5. The van der Waals surface area contributed by atoms with Crippen LogP contribution in [-0.4, -0.2) is 49.4 Å². The molecule has 1 N–H and O–H groups in total. The first kappa shape index (κ1) is 21.1.